The lowest BCUT2D eigenvalue weighted by atomic mass is 9.47. The average molecular weight is 463 g/mol. The van der Waals surface area contributed by atoms with Crippen LogP contribution in [0, 0.1) is 46.3 Å². The summed E-state index contributed by atoms with van der Waals surface area (Å²) in [6.45, 7) is 12.5. The molecule has 0 bridgehead atoms. The molecule has 0 saturated heterocycles. The number of esters is 1. The van der Waals surface area contributed by atoms with Crippen LogP contribution in [-0.4, -0.2) is 18.0 Å². The molecule has 1 unspecified atom stereocenters. The Labute approximate surface area is 202 Å². The molecule has 0 heterocycles. The molecule has 0 N–H and O–H groups in total. The van der Waals surface area contributed by atoms with Crippen molar-refractivity contribution in [2.45, 2.75) is 111 Å². The van der Waals surface area contributed by atoms with Crippen LogP contribution in [0.15, 0.2) is 11.6 Å². The fraction of sp³-hybridized carbons (Fsp3) is 0.897. The number of hydrogen-bond acceptors (Lipinski definition) is 2. The summed E-state index contributed by atoms with van der Waals surface area (Å²) in [6, 6.07) is 0. The van der Waals surface area contributed by atoms with Gasteiger partial charge in [0.25, 0.3) is 0 Å². The van der Waals surface area contributed by atoms with E-state index in [2.05, 4.69) is 40.7 Å². The number of allylic oxidation sites excluding steroid dienone is 1. The largest absolute Gasteiger partial charge is 0.461 e. The second kappa shape index (κ2) is 9.63. The van der Waals surface area contributed by atoms with E-state index in [9.17, 15) is 4.79 Å². The number of fused-ring (bicyclic) bond motifs is 5. The minimum absolute atomic E-state index is 0.0329. The van der Waals surface area contributed by atoms with Gasteiger partial charge >= 0.3 is 5.97 Å². The van der Waals surface area contributed by atoms with Gasteiger partial charge in [-0.2, -0.15) is 0 Å². The summed E-state index contributed by atoms with van der Waals surface area (Å²) in [7, 11) is 0. The van der Waals surface area contributed by atoms with Crippen LogP contribution in [0.3, 0.4) is 0 Å². The molecule has 0 aliphatic heterocycles. The summed E-state index contributed by atoms with van der Waals surface area (Å²) in [6.07, 6.45) is 16.9. The maximum Gasteiger partial charge on any atom is 0.321 e. The Kier molecular flexibility index (Phi) is 7.41. The number of carbonyl (C=O) groups excluding carboxylic acids is 1. The van der Waals surface area contributed by atoms with E-state index in [1.807, 2.05) is 0 Å². The van der Waals surface area contributed by atoms with Crippen molar-refractivity contribution in [3.8, 4) is 0 Å². The number of alkyl halides is 1. The van der Waals surface area contributed by atoms with E-state index < -0.39 is 0 Å². The predicted molar refractivity (Wildman–Crippen MR) is 134 cm³/mol. The monoisotopic (exact) mass is 462 g/mol. The molecule has 3 fully saturated rings. The van der Waals surface area contributed by atoms with Crippen LogP contribution in [0.2, 0.25) is 0 Å². The van der Waals surface area contributed by atoms with E-state index in [-0.39, 0.29) is 18.0 Å². The Morgan fingerprint density at radius 1 is 1.09 bits per heavy atom. The Bertz CT molecular complexity index is 714. The fourth-order valence-electron chi connectivity index (χ4n) is 8.97. The average Bonchev–Trinajstić information content (AvgIpc) is 3.11. The van der Waals surface area contributed by atoms with Gasteiger partial charge in [0.2, 0.25) is 0 Å². The molecule has 2 nitrogen and oxygen atoms in total. The summed E-state index contributed by atoms with van der Waals surface area (Å²) < 4.78 is 5.63. The standard InChI is InChI=1S/C29H47ClO2/c1-19(2)7-6-8-20(3)24-11-12-25-23-10-9-21-17-22(32-27(31)18-30)13-15-28(21,4)26(23)14-16-29(24,25)5/h9,19-20,22-26H,6-8,10-18H2,1-5H3/t20-,22?,23+,24-,25+,26+,28+,29-/m1/s1. The number of ether oxygens (including phenoxy) is 1. The van der Waals surface area contributed by atoms with Crippen LogP contribution in [0.5, 0.6) is 0 Å². The number of halogens is 1. The topological polar surface area (TPSA) is 26.3 Å². The quantitative estimate of drug-likeness (QED) is 0.216. The maximum atomic E-state index is 11.7. The van der Waals surface area contributed by atoms with Crippen molar-refractivity contribution in [1.29, 1.82) is 0 Å². The lowest BCUT2D eigenvalue weighted by Gasteiger charge is -2.58. The highest BCUT2D eigenvalue weighted by Crippen LogP contribution is 2.67. The van der Waals surface area contributed by atoms with Crippen molar-refractivity contribution in [3.63, 3.8) is 0 Å². The first-order valence-corrected chi connectivity index (χ1v) is 14.2. The normalized spacial score (nSPS) is 42.0. The molecular formula is C29H47ClO2. The van der Waals surface area contributed by atoms with Gasteiger partial charge in [-0.25, -0.2) is 0 Å². The van der Waals surface area contributed by atoms with Crippen molar-refractivity contribution in [3.05, 3.63) is 11.6 Å². The van der Waals surface area contributed by atoms with Gasteiger partial charge < -0.3 is 4.74 Å². The van der Waals surface area contributed by atoms with Crippen LogP contribution in [0.1, 0.15) is 105 Å². The van der Waals surface area contributed by atoms with E-state index in [1.165, 1.54) is 57.8 Å². The Hall–Kier alpha value is -0.500. The molecule has 8 atom stereocenters. The van der Waals surface area contributed by atoms with Gasteiger partial charge in [-0.05, 0) is 91.3 Å². The van der Waals surface area contributed by atoms with E-state index >= 15 is 0 Å². The molecule has 0 spiro atoms. The summed E-state index contributed by atoms with van der Waals surface area (Å²) in [5, 5.41) is 0. The summed E-state index contributed by atoms with van der Waals surface area (Å²) in [5.74, 6) is 4.92. The molecule has 4 aliphatic rings. The molecule has 182 valence electrons. The first kappa shape index (κ1) is 24.6. The van der Waals surface area contributed by atoms with Gasteiger partial charge in [-0.15, -0.1) is 11.6 Å². The first-order chi connectivity index (χ1) is 15.2. The molecule has 4 aliphatic carbocycles. The third-order valence-electron chi connectivity index (χ3n) is 10.7. The van der Waals surface area contributed by atoms with Crippen LogP contribution in [0.25, 0.3) is 0 Å². The van der Waals surface area contributed by atoms with Gasteiger partial charge in [0.1, 0.15) is 12.0 Å². The predicted octanol–water partition coefficient (Wildman–Crippen LogP) is 8.18. The van der Waals surface area contributed by atoms with Crippen molar-refractivity contribution < 1.29 is 9.53 Å². The van der Waals surface area contributed by atoms with Crippen molar-refractivity contribution in [2.75, 3.05) is 5.88 Å². The molecule has 0 aromatic carbocycles. The van der Waals surface area contributed by atoms with Crippen molar-refractivity contribution in [2.24, 2.45) is 46.3 Å². The van der Waals surface area contributed by atoms with Crippen molar-refractivity contribution in [1.82, 2.24) is 0 Å². The zero-order chi connectivity index (χ0) is 23.1. The molecule has 3 saturated carbocycles. The zero-order valence-corrected chi connectivity index (χ0v) is 22.1. The summed E-state index contributed by atoms with van der Waals surface area (Å²) in [4.78, 5) is 11.7. The molecular weight excluding hydrogens is 416 g/mol. The molecule has 32 heavy (non-hydrogen) atoms. The SMILES string of the molecule is CC(C)CCC[C@@H](C)[C@H]1CC[C@H]2[C@@H]3CC=C4CC(OC(=O)CCl)CC[C@]4(C)[C@H]3CC[C@]12C. The number of carbonyl (C=O) groups is 1. The minimum atomic E-state index is -0.262. The highest BCUT2D eigenvalue weighted by molar-refractivity contribution is 6.26. The van der Waals surface area contributed by atoms with E-state index in [4.69, 9.17) is 16.3 Å². The lowest BCUT2D eigenvalue weighted by Crippen LogP contribution is -2.51. The molecule has 0 amide bonds. The lowest BCUT2D eigenvalue weighted by molar-refractivity contribution is -0.148. The Morgan fingerprint density at radius 3 is 2.59 bits per heavy atom. The third kappa shape index (κ3) is 4.44. The van der Waals surface area contributed by atoms with E-state index in [0.29, 0.717) is 10.8 Å². The fourth-order valence-corrected chi connectivity index (χ4v) is 9.03. The Morgan fingerprint density at radius 2 is 1.88 bits per heavy atom. The second-order valence-corrected chi connectivity index (χ2v) is 13.0. The molecule has 0 radical (unpaired) electrons. The minimum Gasteiger partial charge on any atom is -0.461 e. The second-order valence-electron chi connectivity index (χ2n) is 12.8. The Balaban J connectivity index is 1.45. The van der Waals surface area contributed by atoms with Gasteiger partial charge in [0, 0.05) is 6.42 Å². The number of rotatable bonds is 7. The van der Waals surface area contributed by atoms with Gasteiger partial charge in [0.15, 0.2) is 0 Å². The van der Waals surface area contributed by atoms with E-state index in [0.717, 1.165) is 48.3 Å². The molecule has 0 aromatic rings. The molecule has 4 rings (SSSR count). The van der Waals surface area contributed by atoms with Crippen LogP contribution >= 0.6 is 11.6 Å². The van der Waals surface area contributed by atoms with Gasteiger partial charge in [-0.3, -0.25) is 4.79 Å². The molecule has 3 heteroatoms. The van der Waals surface area contributed by atoms with Gasteiger partial charge in [0.05, 0.1) is 0 Å². The van der Waals surface area contributed by atoms with Crippen LogP contribution < -0.4 is 0 Å². The highest BCUT2D eigenvalue weighted by atomic mass is 35.5. The smallest absolute Gasteiger partial charge is 0.321 e. The van der Waals surface area contributed by atoms with E-state index in [1.54, 1.807) is 5.57 Å². The van der Waals surface area contributed by atoms with Crippen LogP contribution in [-0.2, 0) is 9.53 Å². The van der Waals surface area contributed by atoms with Crippen LogP contribution in [0.4, 0.5) is 0 Å². The van der Waals surface area contributed by atoms with Crippen molar-refractivity contribution >= 4 is 17.6 Å². The number of hydrogen-bond donors (Lipinski definition) is 0. The highest BCUT2D eigenvalue weighted by Gasteiger charge is 2.59. The maximum absolute atomic E-state index is 11.7. The third-order valence-corrected chi connectivity index (χ3v) is 10.9. The summed E-state index contributed by atoms with van der Waals surface area (Å²) in [5.41, 5.74) is 2.44. The molecule has 0 aromatic heterocycles. The zero-order valence-electron chi connectivity index (χ0n) is 21.3. The first-order valence-electron chi connectivity index (χ1n) is 13.6. The van der Waals surface area contributed by atoms with Gasteiger partial charge in [-0.1, -0.05) is 65.5 Å². The summed E-state index contributed by atoms with van der Waals surface area (Å²) >= 11 is 5.68.